The fourth-order valence-electron chi connectivity index (χ4n) is 2.59. The number of nitrogens with two attached hydrogens (primary N) is 1. The lowest BCUT2D eigenvalue weighted by Crippen LogP contribution is -2.31. The number of carbonyl (C=O) groups excluding carboxylic acids is 2. The lowest BCUT2D eigenvalue weighted by Gasteiger charge is -2.10. The van der Waals surface area contributed by atoms with E-state index < -0.39 is 0 Å². The van der Waals surface area contributed by atoms with Crippen LogP contribution >= 0.6 is 0 Å². The molecule has 26 heavy (non-hydrogen) atoms. The van der Waals surface area contributed by atoms with Gasteiger partial charge in [-0.1, -0.05) is 12.1 Å². The van der Waals surface area contributed by atoms with Gasteiger partial charge in [0, 0.05) is 24.2 Å². The van der Waals surface area contributed by atoms with Crippen molar-refractivity contribution in [1.82, 2.24) is 14.9 Å². The molecule has 0 saturated carbocycles. The first kappa shape index (κ1) is 17.2. The molecule has 0 radical (unpaired) electrons. The van der Waals surface area contributed by atoms with Crippen LogP contribution in [-0.4, -0.2) is 34.4 Å². The Kier molecular flexibility index (Phi) is 4.93. The van der Waals surface area contributed by atoms with Crippen molar-refractivity contribution >= 4 is 35.0 Å². The molecule has 0 saturated heterocycles. The van der Waals surface area contributed by atoms with Crippen LogP contribution < -0.4 is 16.4 Å². The van der Waals surface area contributed by atoms with Gasteiger partial charge in [0.25, 0.3) is 0 Å². The zero-order valence-electron chi connectivity index (χ0n) is 13.9. The SMILES string of the molecule is N=C(N)CCNC(=O)n1c(-c2ccc(NC=O)cc2)nc2ccccc21. The fraction of sp³-hybridized carbons (Fsp3) is 0.111. The maximum atomic E-state index is 12.7. The number of rotatable bonds is 6. The van der Waals surface area contributed by atoms with Crippen LogP contribution in [0.15, 0.2) is 48.5 Å². The number of nitrogens with one attached hydrogen (secondary N) is 3. The Morgan fingerprint density at radius 3 is 2.62 bits per heavy atom. The number of carbonyl (C=O) groups is 2. The minimum atomic E-state index is -0.343. The van der Waals surface area contributed by atoms with Crippen LogP contribution in [0.25, 0.3) is 22.4 Å². The fourth-order valence-corrected chi connectivity index (χ4v) is 2.59. The quantitative estimate of drug-likeness (QED) is 0.309. The molecule has 0 atom stereocenters. The van der Waals surface area contributed by atoms with Crippen molar-refractivity contribution in [2.45, 2.75) is 6.42 Å². The minimum Gasteiger partial charge on any atom is -0.388 e. The van der Waals surface area contributed by atoms with E-state index in [0.29, 0.717) is 29.0 Å². The standard InChI is InChI=1S/C18H18N6O2/c19-16(20)9-10-21-18(26)24-15-4-2-1-3-14(15)23-17(24)12-5-7-13(8-6-12)22-11-25/h1-8,11H,9-10H2,(H3,19,20)(H,21,26)(H,22,25). The molecule has 8 nitrogen and oxygen atoms in total. The Labute approximate surface area is 149 Å². The molecule has 3 rings (SSSR count). The third kappa shape index (κ3) is 3.54. The second-order valence-corrected chi connectivity index (χ2v) is 5.61. The maximum Gasteiger partial charge on any atom is 0.327 e. The Morgan fingerprint density at radius 1 is 1.19 bits per heavy atom. The molecule has 2 aromatic carbocycles. The van der Waals surface area contributed by atoms with Gasteiger partial charge in [0.05, 0.1) is 16.9 Å². The largest absolute Gasteiger partial charge is 0.388 e. The van der Waals surface area contributed by atoms with E-state index in [1.54, 1.807) is 24.3 Å². The van der Waals surface area contributed by atoms with Gasteiger partial charge in [-0.2, -0.15) is 0 Å². The summed E-state index contributed by atoms with van der Waals surface area (Å²) in [6.45, 7) is 0.266. The van der Waals surface area contributed by atoms with E-state index >= 15 is 0 Å². The normalized spacial score (nSPS) is 10.5. The van der Waals surface area contributed by atoms with Gasteiger partial charge in [-0.25, -0.2) is 14.3 Å². The molecule has 3 aromatic rings. The van der Waals surface area contributed by atoms with E-state index in [1.807, 2.05) is 24.3 Å². The zero-order valence-corrected chi connectivity index (χ0v) is 13.9. The second-order valence-electron chi connectivity index (χ2n) is 5.61. The molecule has 1 aromatic heterocycles. The molecule has 132 valence electrons. The molecule has 0 spiro atoms. The van der Waals surface area contributed by atoms with Crippen LogP contribution in [0.2, 0.25) is 0 Å². The monoisotopic (exact) mass is 350 g/mol. The van der Waals surface area contributed by atoms with Gasteiger partial charge in [-0.05, 0) is 36.4 Å². The molecule has 0 fully saturated rings. The summed E-state index contributed by atoms with van der Waals surface area (Å²) < 4.78 is 1.50. The van der Waals surface area contributed by atoms with Crippen molar-refractivity contribution in [3.8, 4) is 11.4 Å². The first-order valence-electron chi connectivity index (χ1n) is 7.99. The van der Waals surface area contributed by atoms with Crippen molar-refractivity contribution in [3.63, 3.8) is 0 Å². The summed E-state index contributed by atoms with van der Waals surface area (Å²) in [7, 11) is 0. The molecule has 0 unspecified atom stereocenters. The van der Waals surface area contributed by atoms with Crippen LogP contribution in [0.5, 0.6) is 0 Å². The Balaban J connectivity index is 2.00. The number of imidazole rings is 1. The lowest BCUT2D eigenvalue weighted by molar-refractivity contribution is -0.105. The third-order valence-electron chi connectivity index (χ3n) is 3.80. The summed E-state index contributed by atoms with van der Waals surface area (Å²) in [6, 6.07) is 14.0. The highest BCUT2D eigenvalue weighted by Crippen LogP contribution is 2.25. The number of aromatic nitrogens is 2. The Morgan fingerprint density at radius 2 is 1.92 bits per heavy atom. The van der Waals surface area contributed by atoms with Crippen molar-refractivity contribution in [3.05, 3.63) is 48.5 Å². The maximum absolute atomic E-state index is 12.7. The number of fused-ring (bicyclic) bond motifs is 1. The summed E-state index contributed by atoms with van der Waals surface area (Å²) >= 11 is 0. The van der Waals surface area contributed by atoms with E-state index in [4.69, 9.17) is 11.1 Å². The van der Waals surface area contributed by atoms with E-state index in [-0.39, 0.29) is 24.8 Å². The number of amidine groups is 1. The highest BCUT2D eigenvalue weighted by Gasteiger charge is 2.17. The molecular formula is C18H18N6O2. The number of hydrogen-bond donors (Lipinski definition) is 4. The van der Waals surface area contributed by atoms with Gasteiger partial charge >= 0.3 is 6.03 Å². The number of para-hydroxylation sites is 2. The van der Waals surface area contributed by atoms with Crippen molar-refractivity contribution < 1.29 is 9.59 Å². The van der Waals surface area contributed by atoms with Gasteiger partial charge in [0.2, 0.25) is 6.41 Å². The van der Waals surface area contributed by atoms with Gasteiger partial charge in [-0.3, -0.25) is 10.2 Å². The molecule has 0 bridgehead atoms. The highest BCUT2D eigenvalue weighted by atomic mass is 16.2. The molecule has 0 aliphatic carbocycles. The number of anilines is 1. The molecule has 1 heterocycles. The average molecular weight is 350 g/mol. The van der Waals surface area contributed by atoms with Crippen molar-refractivity contribution in [2.24, 2.45) is 5.73 Å². The third-order valence-corrected chi connectivity index (χ3v) is 3.80. The minimum absolute atomic E-state index is 0.0132. The molecule has 5 N–H and O–H groups in total. The molecule has 2 amide bonds. The second kappa shape index (κ2) is 7.47. The highest BCUT2D eigenvalue weighted by molar-refractivity contribution is 5.94. The van der Waals surface area contributed by atoms with Crippen LogP contribution in [0.1, 0.15) is 6.42 Å². The first-order valence-corrected chi connectivity index (χ1v) is 7.99. The van der Waals surface area contributed by atoms with E-state index in [1.165, 1.54) is 4.57 Å². The predicted molar refractivity (Wildman–Crippen MR) is 100 cm³/mol. The molecule has 0 aliphatic heterocycles. The van der Waals surface area contributed by atoms with Crippen LogP contribution in [0.4, 0.5) is 10.5 Å². The van der Waals surface area contributed by atoms with E-state index in [2.05, 4.69) is 15.6 Å². The summed E-state index contributed by atoms with van der Waals surface area (Å²) in [5.41, 5.74) is 8.09. The molecule has 0 aliphatic rings. The Bertz CT molecular complexity index is 961. The predicted octanol–water partition coefficient (Wildman–Crippen LogP) is 2.16. The van der Waals surface area contributed by atoms with E-state index in [9.17, 15) is 9.59 Å². The van der Waals surface area contributed by atoms with Crippen LogP contribution in [0.3, 0.4) is 0 Å². The molecular weight excluding hydrogens is 332 g/mol. The van der Waals surface area contributed by atoms with Gasteiger partial charge < -0.3 is 16.4 Å². The van der Waals surface area contributed by atoms with Gasteiger partial charge in [-0.15, -0.1) is 0 Å². The van der Waals surface area contributed by atoms with E-state index in [0.717, 1.165) is 5.56 Å². The summed E-state index contributed by atoms with van der Waals surface area (Å²) in [5.74, 6) is 0.503. The summed E-state index contributed by atoms with van der Waals surface area (Å²) in [5, 5.41) is 12.6. The number of hydrogen-bond acceptors (Lipinski definition) is 4. The molecule has 8 heteroatoms. The first-order chi connectivity index (χ1) is 12.6. The average Bonchev–Trinajstić information content (AvgIpc) is 3.02. The topological polar surface area (TPSA) is 126 Å². The van der Waals surface area contributed by atoms with Crippen LogP contribution in [0, 0.1) is 5.41 Å². The lowest BCUT2D eigenvalue weighted by atomic mass is 10.2. The van der Waals surface area contributed by atoms with Crippen LogP contribution in [-0.2, 0) is 4.79 Å². The summed E-state index contributed by atoms with van der Waals surface area (Å²) in [4.78, 5) is 27.8. The Hall–Kier alpha value is -3.68. The van der Waals surface area contributed by atoms with Crippen molar-refractivity contribution in [2.75, 3.05) is 11.9 Å². The summed E-state index contributed by atoms with van der Waals surface area (Å²) in [6.07, 6.45) is 0.881. The number of nitrogens with zero attached hydrogens (tertiary/aromatic N) is 2. The zero-order chi connectivity index (χ0) is 18.5. The van der Waals surface area contributed by atoms with Gasteiger partial charge in [0.1, 0.15) is 5.82 Å². The number of amides is 2. The van der Waals surface area contributed by atoms with Crippen molar-refractivity contribution in [1.29, 1.82) is 5.41 Å². The van der Waals surface area contributed by atoms with Gasteiger partial charge in [0.15, 0.2) is 0 Å². The number of benzene rings is 2. The smallest absolute Gasteiger partial charge is 0.327 e.